The number of benzene rings is 1. The summed E-state index contributed by atoms with van der Waals surface area (Å²) in [5.74, 6) is -0.596. The third kappa shape index (κ3) is 1.84. The van der Waals surface area contributed by atoms with Gasteiger partial charge in [0.2, 0.25) is 5.43 Å². The average Bonchev–Trinajstić information content (AvgIpc) is 2.46. The zero-order valence-corrected chi connectivity index (χ0v) is 10.8. The first kappa shape index (κ1) is 12.0. The number of aromatic nitrogens is 1. The molecule has 0 spiro atoms. The van der Waals surface area contributed by atoms with Crippen LogP contribution in [-0.4, -0.2) is 18.1 Å². The first-order valence-electron chi connectivity index (χ1n) is 6.47. The molecule has 1 N–H and O–H groups in total. The van der Waals surface area contributed by atoms with Gasteiger partial charge < -0.3 is 9.72 Å². The van der Waals surface area contributed by atoms with Gasteiger partial charge in [0.1, 0.15) is 5.56 Å². The Morgan fingerprint density at radius 3 is 2.84 bits per heavy atom. The van der Waals surface area contributed by atoms with Crippen molar-refractivity contribution in [3.8, 4) is 0 Å². The number of aromatic amines is 1. The quantitative estimate of drug-likeness (QED) is 0.797. The third-order valence-corrected chi connectivity index (χ3v) is 3.79. The van der Waals surface area contributed by atoms with Crippen LogP contribution >= 0.6 is 0 Å². The molecule has 0 fully saturated rings. The largest absolute Gasteiger partial charge is 0.465 e. The average molecular weight is 257 g/mol. The lowest BCUT2D eigenvalue weighted by molar-refractivity contribution is 0.0599. The van der Waals surface area contributed by atoms with Crippen LogP contribution in [-0.2, 0) is 17.6 Å². The summed E-state index contributed by atoms with van der Waals surface area (Å²) in [6.45, 7) is 0. The summed E-state index contributed by atoms with van der Waals surface area (Å²) < 4.78 is 4.62. The fraction of sp³-hybridized carbons (Fsp3) is 0.333. The number of rotatable bonds is 1. The smallest absolute Gasteiger partial charge is 0.343 e. The second-order valence-electron chi connectivity index (χ2n) is 4.86. The summed E-state index contributed by atoms with van der Waals surface area (Å²) in [6.07, 6.45) is 5.85. The van der Waals surface area contributed by atoms with Crippen molar-refractivity contribution in [2.75, 3.05) is 7.11 Å². The molecule has 1 heterocycles. The summed E-state index contributed by atoms with van der Waals surface area (Å²) in [4.78, 5) is 26.9. The molecule has 0 aliphatic heterocycles. The Bertz CT molecular complexity index is 715. The Balaban J connectivity index is 2.28. The summed E-state index contributed by atoms with van der Waals surface area (Å²) >= 11 is 0. The summed E-state index contributed by atoms with van der Waals surface area (Å²) in [5, 5.41) is 0.573. The van der Waals surface area contributed by atoms with Crippen molar-refractivity contribution in [2.24, 2.45) is 0 Å². The number of H-pyrrole nitrogens is 1. The van der Waals surface area contributed by atoms with E-state index in [4.69, 9.17) is 0 Å². The van der Waals surface area contributed by atoms with Gasteiger partial charge >= 0.3 is 5.97 Å². The number of hydrogen-bond donors (Lipinski definition) is 1. The minimum atomic E-state index is -0.596. The number of hydrogen-bond acceptors (Lipinski definition) is 3. The maximum atomic E-state index is 12.3. The van der Waals surface area contributed by atoms with E-state index in [9.17, 15) is 9.59 Å². The van der Waals surface area contributed by atoms with Gasteiger partial charge in [-0.25, -0.2) is 4.79 Å². The van der Waals surface area contributed by atoms with E-state index in [0.29, 0.717) is 5.39 Å². The first-order valence-corrected chi connectivity index (χ1v) is 6.47. The van der Waals surface area contributed by atoms with E-state index in [0.717, 1.165) is 24.8 Å². The lowest BCUT2D eigenvalue weighted by atomic mass is 9.89. The third-order valence-electron chi connectivity index (χ3n) is 3.79. The fourth-order valence-corrected chi connectivity index (χ4v) is 2.80. The van der Waals surface area contributed by atoms with Crippen molar-refractivity contribution < 1.29 is 9.53 Å². The number of aryl methyl sites for hydroxylation is 2. The van der Waals surface area contributed by atoms with E-state index in [1.807, 2.05) is 12.1 Å². The Hall–Kier alpha value is -2.10. The van der Waals surface area contributed by atoms with Gasteiger partial charge in [0.05, 0.1) is 12.6 Å². The molecule has 2 aromatic rings. The van der Waals surface area contributed by atoms with Crippen molar-refractivity contribution in [3.63, 3.8) is 0 Å². The van der Waals surface area contributed by atoms with Crippen LogP contribution in [0.15, 0.2) is 23.1 Å². The molecule has 0 saturated heterocycles. The molecule has 0 bridgehead atoms. The minimum absolute atomic E-state index is 0.0609. The molecule has 0 radical (unpaired) electrons. The van der Waals surface area contributed by atoms with E-state index in [1.54, 1.807) is 0 Å². The predicted molar refractivity (Wildman–Crippen MR) is 72.6 cm³/mol. The van der Waals surface area contributed by atoms with Gasteiger partial charge in [-0.1, -0.05) is 6.07 Å². The van der Waals surface area contributed by atoms with Gasteiger partial charge in [0.25, 0.3) is 0 Å². The van der Waals surface area contributed by atoms with Gasteiger partial charge in [-0.2, -0.15) is 0 Å². The molecular weight excluding hydrogens is 242 g/mol. The van der Waals surface area contributed by atoms with Crippen LogP contribution in [0, 0.1) is 0 Å². The molecule has 0 atom stereocenters. The summed E-state index contributed by atoms with van der Waals surface area (Å²) in [5.41, 5.74) is 3.20. The molecule has 19 heavy (non-hydrogen) atoms. The number of nitrogens with one attached hydrogen (secondary N) is 1. The summed E-state index contributed by atoms with van der Waals surface area (Å²) in [6, 6.07) is 3.82. The fourth-order valence-electron chi connectivity index (χ4n) is 2.80. The highest BCUT2D eigenvalue weighted by molar-refractivity contribution is 5.94. The highest BCUT2D eigenvalue weighted by atomic mass is 16.5. The number of fused-ring (bicyclic) bond motifs is 3. The molecule has 98 valence electrons. The number of carbonyl (C=O) groups excluding carboxylic acids is 1. The maximum absolute atomic E-state index is 12.3. The maximum Gasteiger partial charge on any atom is 0.343 e. The molecule has 0 unspecified atom stereocenters. The summed E-state index contributed by atoms with van der Waals surface area (Å²) in [7, 11) is 1.28. The van der Waals surface area contributed by atoms with Gasteiger partial charge in [0.15, 0.2) is 0 Å². The molecule has 4 nitrogen and oxygen atoms in total. The van der Waals surface area contributed by atoms with Crippen molar-refractivity contribution >= 4 is 16.9 Å². The van der Waals surface area contributed by atoms with Crippen molar-refractivity contribution in [1.29, 1.82) is 0 Å². The lowest BCUT2D eigenvalue weighted by Gasteiger charge is -2.17. The lowest BCUT2D eigenvalue weighted by Crippen LogP contribution is -2.18. The van der Waals surface area contributed by atoms with E-state index in [-0.39, 0.29) is 11.0 Å². The van der Waals surface area contributed by atoms with Gasteiger partial charge in [-0.15, -0.1) is 0 Å². The van der Waals surface area contributed by atoms with E-state index < -0.39 is 5.97 Å². The Morgan fingerprint density at radius 2 is 2.05 bits per heavy atom. The number of esters is 1. The van der Waals surface area contributed by atoms with Gasteiger partial charge in [-0.3, -0.25) is 4.79 Å². The van der Waals surface area contributed by atoms with E-state index in [2.05, 4.69) is 9.72 Å². The number of pyridine rings is 1. The molecule has 1 aliphatic carbocycles. The SMILES string of the molecule is COC(=O)c1c[nH]c2c3c(ccc2c1=O)CCCC3. The topological polar surface area (TPSA) is 59.2 Å². The van der Waals surface area contributed by atoms with Crippen molar-refractivity contribution in [2.45, 2.75) is 25.7 Å². The predicted octanol–water partition coefficient (Wildman–Crippen LogP) is 2.19. The van der Waals surface area contributed by atoms with Crippen LogP contribution in [0.5, 0.6) is 0 Å². The Kier molecular flexibility index (Phi) is 2.85. The van der Waals surface area contributed by atoms with Crippen LogP contribution in [0.3, 0.4) is 0 Å². The highest BCUT2D eigenvalue weighted by Gasteiger charge is 2.17. The van der Waals surface area contributed by atoms with Crippen molar-refractivity contribution in [3.05, 3.63) is 45.2 Å². The van der Waals surface area contributed by atoms with Crippen molar-refractivity contribution in [1.82, 2.24) is 4.98 Å². The second-order valence-corrected chi connectivity index (χ2v) is 4.86. The van der Waals surface area contributed by atoms with E-state index >= 15 is 0 Å². The Morgan fingerprint density at radius 1 is 1.26 bits per heavy atom. The van der Waals surface area contributed by atoms with Crippen LogP contribution in [0.25, 0.3) is 10.9 Å². The molecular formula is C15H15NO3. The zero-order valence-electron chi connectivity index (χ0n) is 10.8. The molecule has 3 rings (SSSR count). The highest BCUT2D eigenvalue weighted by Crippen LogP contribution is 2.26. The number of ether oxygens (including phenoxy) is 1. The second kappa shape index (κ2) is 4.53. The standard InChI is InChI=1S/C15H15NO3/c1-19-15(18)12-8-16-13-10-5-3-2-4-9(10)6-7-11(13)14(12)17/h6-8H,2-5H2,1H3,(H,16,17). The Labute approximate surface area is 110 Å². The zero-order chi connectivity index (χ0) is 13.4. The van der Waals surface area contributed by atoms with Crippen LogP contribution in [0.2, 0.25) is 0 Å². The monoisotopic (exact) mass is 257 g/mol. The molecule has 1 aromatic carbocycles. The number of carbonyl (C=O) groups is 1. The molecule has 0 amide bonds. The van der Waals surface area contributed by atoms with Crippen LogP contribution in [0.4, 0.5) is 0 Å². The van der Waals surface area contributed by atoms with Gasteiger partial charge in [-0.05, 0) is 42.9 Å². The van der Waals surface area contributed by atoms with Crippen LogP contribution < -0.4 is 5.43 Å². The molecule has 4 heteroatoms. The van der Waals surface area contributed by atoms with Gasteiger partial charge in [0, 0.05) is 11.6 Å². The number of methoxy groups -OCH3 is 1. The molecule has 1 aromatic heterocycles. The minimum Gasteiger partial charge on any atom is -0.465 e. The van der Waals surface area contributed by atoms with Crippen LogP contribution in [0.1, 0.15) is 34.3 Å². The molecule has 0 saturated carbocycles. The first-order chi connectivity index (χ1) is 9.22. The normalized spacial score (nSPS) is 14.2. The van der Waals surface area contributed by atoms with E-state index in [1.165, 1.54) is 30.9 Å². The molecule has 1 aliphatic rings.